The predicted molar refractivity (Wildman–Crippen MR) is 111 cm³/mol. The quantitative estimate of drug-likeness (QED) is 0.796. The number of nitrogens with zero attached hydrogens (tertiary/aromatic N) is 1. The Balaban J connectivity index is 1.24. The van der Waals surface area contributed by atoms with Crippen molar-refractivity contribution in [2.45, 2.75) is 51.6 Å². The molecule has 1 amide bonds. The van der Waals surface area contributed by atoms with E-state index in [4.69, 9.17) is 4.74 Å². The average Bonchev–Trinajstić information content (AvgIpc) is 3.24. The SMILES string of the molecule is O=C(COc1ccc2c(c1)CCCC2)NCc1cccc(CN2CCCC2)c1. The molecule has 2 aromatic rings. The Bertz CT molecular complexity index is 812. The van der Waals surface area contributed by atoms with Crippen LogP contribution in [-0.2, 0) is 30.7 Å². The van der Waals surface area contributed by atoms with Crippen molar-refractivity contribution in [1.29, 1.82) is 0 Å². The van der Waals surface area contributed by atoms with Gasteiger partial charge in [0.15, 0.2) is 6.61 Å². The van der Waals surface area contributed by atoms with Crippen molar-refractivity contribution in [2.75, 3.05) is 19.7 Å². The number of hydrogen-bond donors (Lipinski definition) is 1. The summed E-state index contributed by atoms with van der Waals surface area (Å²) < 4.78 is 5.72. The van der Waals surface area contributed by atoms with Crippen LogP contribution in [0.5, 0.6) is 5.75 Å². The third kappa shape index (κ3) is 5.14. The molecule has 1 aliphatic heterocycles. The molecule has 1 heterocycles. The van der Waals surface area contributed by atoms with Crippen molar-refractivity contribution in [3.8, 4) is 5.75 Å². The van der Waals surface area contributed by atoms with E-state index in [9.17, 15) is 4.79 Å². The first-order valence-electron chi connectivity index (χ1n) is 10.6. The van der Waals surface area contributed by atoms with Crippen LogP contribution in [0.3, 0.4) is 0 Å². The van der Waals surface area contributed by atoms with Gasteiger partial charge in [-0.15, -0.1) is 0 Å². The lowest BCUT2D eigenvalue weighted by Crippen LogP contribution is -2.28. The smallest absolute Gasteiger partial charge is 0.258 e. The van der Waals surface area contributed by atoms with Gasteiger partial charge >= 0.3 is 0 Å². The van der Waals surface area contributed by atoms with Gasteiger partial charge in [0.1, 0.15) is 5.75 Å². The Morgan fingerprint density at radius 2 is 1.71 bits per heavy atom. The molecule has 1 saturated heterocycles. The fourth-order valence-corrected chi connectivity index (χ4v) is 4.24. The van der Waals surface area contributed by atoms with Gasteiger partial charge in [-0.2, -0.15) is 0 Å². The number of amides is 1. The van der Waals surface area contributed by atoms with E-state index < -0.39 is 0 Å². The van der Waals surface area contributed by atoms with Crippen molar-refractivity contribution in [3.05, 3.63) is 64.7 Å². The number of ether oxygens (including phenoxy) is 1. The lowest BCUT2D eigenvalue weighted by Gasteiger charge is -2.17. The molecule has 0 radical (unpaired) electrons. The van der Waals surface area contributed by atoms with E-state index in [1.807, 2.05) is 6.07 Å². The van der Waals surface area contributed by atoms with Crippen molar-refractivity contribution >= 4 is 5.91 Å². The van der Waals surface area contributed by atoms with Crippen LogP contribution in [0.4, 0.5) is 0 Å². The van der Waals surface area contributed by atoms with Crippen LogP contribution in [0.1, 0.15) is 47.9 Å². The molecule has 2 aliphatic rings. The maximum Gasteiger partial charge on any atom is 0.258 e. The van der Waals surface area contributed by atoms with Crippen molar-refractivity contribution in [1.82, 2.24) is 10.2 Å². The van der Waals surface area contributed by atoms with E-state index in [0.29, 0.717) is 6.54 Å². The molecule has 0 unspecified atom stereocenters. The first kappa shape index (κ1) is 19.0. The molecule has 1 N–H and O–H groups in total. The molecule has 28 heavy (non-hydrogen) atoms. The summed E-state index contributed by atoms with van der Waals surface area (Å²) in [5.74, 6) is 0.714. The van der Waals surface area contributed by atoms with E-state index in [0.717, 1.165) is 30.7 Å². The highest BCUT2D eigenvalue weighted by molar-refractivity contribution is 5.77. The summed E-state index contributed by atoms with van der Waals surface area (Å²) in [6, 6.07) is 14.7. The molecule has 4 nitrogen and oxygen atoms in total. The first-order valence-corrected chi connectivity index (χ1v) is 10.6. The minimum atomic E-state index is -0.0809. The number of carbonyl (C=O) groups excluding carboxylic acids is 1. The highest BCUT2D eigenvalue weighted by atomic mass is 16.5. The number of likely N-dealkylation sites (tertiary alicyclic amines) is 1. The molecule has 2 aromatic carbocycles. The summed E-state index contributed by atoms with van der Waals surface area (Å²) in [7, 11) is 0. The Morgan fingerprint density at radius 3 is 2.57 bits per heavy atom. The van der Waals surface area contributed by atoms with Crippen molar-refractivity contribution in [3.63, 3.8) is 0 Å². The summed E-state index contributed by atoms with van der Waals surface area (Å²) >= 11 is 0. The molecule has 4 rings (SSSR count). The molecule has 0 aromatic heterocycles. The largest absolute Gasteiger partial charge is 0.484 e. The zero-order chi connectivity index (χ0) is 19.2. The zero-order valence-electron chi connectivity index (χ0n) is 16.6. The Labute approximate surface area is 167 Å². The normalized spacial score (nSPS) is 16.6. The van der Waals surface area contributed by atoms with Crippen LogP contribution in [0, 0.1) is 0 Å². The fraction of sp³-hybridized carbons (Fsp3) is 0.458. The standard InChI is InChI=1S/C24H30N2O2/c27-24(18-28-23-11-10-21-8-1-2-9-22(21)15-23)25-16-19-6-5-7-20(14-19)17-26-12-3-4-13-26/h5-7,10-11,14-15H,1-4,8-9,12-13,16-18H2,(H,25,27). The Morgan fingerprint density at radius 1 is 0.929 bits per heavy atom. The molecule has 4 heteroatoms. The molecular formula is C24H30N2O2. The number of carbonyl (C=O) groups is 1. The van der Waals surface area contributed by atoms with Gasteiger partial charge in [-0.1, -0.05) is 30.3 Å². The van der Waals surface area contributed by atoms with Gasteiger partial charge in [-0.25, -0.2) is 0 Å². The van der Waals surface area contributed by atoms with Gasteiger partial charge in [-0.3, -0.25) is 9.69 Å². The summed E-state index contributed by atoms with van der Waals surface area (Å²) in [5.41, 5.74) is 5.26. The number of rotatable bonds is 7. The van der Waals surface area contributed by atoms with Gasteiger partial charge in [0.25, 0.3) is 5.91 Å². The Hall–Kier alpha value is -2.33. The first-order chi connectivity index (χ1) is 13.8. The number of fused-ring (bicyclic) bond motifs is 1. The van der Waals surface area contributed by atoms with Crippen LogP contribution >= 0.6 is 0 Å². The molecule has 1 aliphatic carbocycles. The lowest BCUT2D eigenvalue weighted by molar-refractivity contribution is -0.123. The summed E-state index contributed by atoms with van der Waals surface area (Å²) in [6.07, 6.45) is 7.40. The van der Waals surface area contributed by atoms with Crippen LogP contribution in [0.2, 0.25) is 0 Å². The number of aryl methyl sites for hydroxylation is 2. The highest BCUT2D eigenvalue weighted by Crippen LogP contribution is 2.25. The second kappa shape index (κ2) is 9.24. The van der Waals surface area contributed by atoms with Gasteiger partial charge in [-0.05, 0) is 86.0 Å². The molecule has 1 fully saturated rings. The molecule has 0 atom stereocenters. The summed E-state index contributed by atoms with van der Waals surface area (Å²) in [5, 5.41) is 2.97. The predicted octanol–water partition coefficient (Wildman–Crippen LogP) is 3.86. The van der Waals surface area contributed by atoms with Gasteiger partial charge in [0.05, 0.1) is 0 Å². The van der Waals surface area contributed by atoms with E-state index in [-0.39, 0.29) is 12.5 Å². The summed E-state index contributed by atoms with van der Waals surface area (Å²) in [6.45, 7) is 4.00. The second-order valence-corrected chi connectivity index (χ2v) is 8.01. The summed E-state index contributed by atoms with van der Waals surface area (Å²) in [4.78, 5) is 14.7. The fourth-order valence-electron chi connectivity index (χ4n) is 4.24. The molecule has 148 valence electrons. The highest BCUT2D eigenvalue weighted by Gasteiger charge is 2.12. The van der Waals surface area contributed by atoms with Gasteiger partial charge in [0.2, 0.25) is 0 Å². The molecule has 0 bridgehead atoms. The average molecular weight is 379 g/mol. The van der Waals surface area contributed by atoms with Crippen LogP contribution < -0.4 is 10.1 Å². The van der Waals surface area contributed by atoms with Crippen LogP contribution in [0.15, 0.2) is 42.5 Å². The lowest BCUT2D eigenvalue weighted by atomic mass is 9.92. The van der Waals surface area contributed by atoms with E-state index in [1.54, 1.807) is 0 Å². The third-order valence-electron chi connectivity index (χ3n) is 5.78. The van der Waals surface area contributed by atoms with Gasteiger partial charge in [0, 0.05) is 13.1 Å². The molecular weight excluding hydrogens is 348 g/mol. The number of nitrogens with one attached hydrogen (secondary N) is 1. The zero-order valence-corrected chi connectivity index (χ0v) is 16.6. The topological polar surface area (TPSA) is 41.6 Å². The molecule has 0 saturated carbocycles. The minimum absolute atomic E-state index is 0.0618. The van der Waals surface area contributed by atoms with E-state index in [1.165, 1.54) is 55.5 Å². The van der Waals surface area contributed by atoms with E-state index >= 15 is 0 Å². The van der Waals surface area contributed by atoms with Crippen LogP contribution in [0.25, 0.3) is 0 Å². The number of benzene rings is 2. The maximum atomic E-state index is 12.2. The van der Waals surface area contributed by atoms with Crippen molar-refractivity contribution in [2.24, 2.45) is 0 Å². The van der Waals surface area contributed by atoms with Crippen molar-refractivity contribution < 1.29 is 9.53 Å². The minimum Gasteiger partial charge on any atom is -0.484 e. The third-order valence-corrected chi connectivity index (χ3v) is 5.78. The molecule has 0 spiro atoms. The monoisotopic (exact) mass is 378 g/mol. The Kier molecular flexibility index (Phi) is 6.27. The van der Waals surface area contributed by atoms with E-state index in [2.05, 4.69) is 46.6 Å². The van der Waals surface area contributed by atoms with Crippen LogP contribution in [-0.4, -0.2) is 30.5 Å². The second-order valence-electron chi connectivity index (χ2n) is 8.01. The number of hydrogen-bond acceptors (Lipinski definition) is 3. The van der Waals surface area contributed by atoms with Gasteiger partial charge < -0.3 is 10.1 Å². The maximum absolute atomic E-state index is 12.2.